The Morgan fingerprint density at radius 1 is 0.963 bits per heavy atom. The maximum absolute atomic E-state index is 12.5. The van der Waals surface area contributed by atoms with Gasteiger partial charge in [-0.1, -0.05) is 12.1 Å². The van der Waals surface area contributed by atoms with E-state index in [9.17, 15) is 9.59 Å². The molecule has 0 unspecified atom stereocenters. The molecule has 0 bridgehead atoms. The zero-order chi connectivity index (χ0) is 18.6. The molecule has 1 aromatic heterocycles. The highest BCUT2D eigenvalue weighted by molar-refractivity contribution is 7.07. The van der Waals surface area contributed by atoms with Crippen molar-refractivity contribution in [1.29, 1.82) is 0 Å². The second kappa shape index (κ2) is 8.36. The van der Waals surface area contributed by atoms with E-state index in [1.54, 1.807) is 11.3 Å². The average molecular weight is 383 g/mol. The Labute approximate surface area is 164 Å². The highest BCUT2D eigenvalue weighted by Gasteiger charge is 2.22. The van der Waals surface area contributed by atoms with Gasteiger partial charge >= 0.3 is 0 Å². The van der Waals surface area contributed by atoms with E-state index in [1.165, 1.54) is 23.1 Å². The molecule has 2 aliphatic rings. The van der Waals surface area contributed by atoms with Gasteiger partial charge in [-0.3, -0.25) is 14.5 Å². The SMILES string of the molecule is O=C(CCC(=O)N1CCN(Cc2ccsc2)CC1)c1ccc2c(c1)CCC2. The third-order valence-corrected chi connectivity index (χ3v) is 6.43. The minimum atomic E-state index is 0.0918. The number of amides is 1. The van der Waals surface area contributed by atoms with Crippen molar-refractivity contribution >= 4 is 23.0 Å². The maximum Gasteiger partial charge on any atom is 0.223 e. The monoisotopic (exact) mass is 382 g/mol. The molecule has 0 atom stereocenters. The highest BCUT2D eigenvalue weighted by Crippen LogP contribution is 2.23. The lowest BCUT2D eigenvalue weighted by atomic mass is 10.0. The van der Waals surface area contributed by atoms with E-state index in [2.05, 4.69) is 27.8 Å². The molecule has 4 nitrogen and oxygen atoms in total. The number of carbonyl (C=O) groups excluding carboxylic acids is 2. The smallest absolute Gasteiger partial charge is 0.223 e. The number of carbonyl (C=O) groups is 2. The number of benzene rings is 1. The first kappa shape index (κ1) is 18.4. The van der Waals surface area contributed by atoms with Crippen molar-refractivity contribution in [3.05, 3.63) is 57.3 Å². The molecule has 27 heavy (non-hydrogen) atoms. The van der Waals surface area contributed by atoms with Crippen LogP contribution in [0.15, 0.2) is 35.0 Å². The Morgan fingerprint density at radius 2 is 1.78 bits per heavy atom. The summed E-state index contributed by atoms with van der Waals surface area (Å²) < 4.78 is 0. The fraction of sp³-hybridized carbons (Fsp3) is 0.455. The number of hydrogen-bond donors (Lipinski definition) is 0. The Kier molecular flexibility index (Phi) is 5.69. The standard InChI is InChI=1S/C22H26N2O2S/c25-21(20-5-4-18-2-1-3-19(18)14-20)6-7-22(26)24-11-9-23(10-12-24)15-17-8-13-27-16-17/h4-5,8,13-14,16H,1-3,6-7,9-12,15H2. The van der Waals surface area contributed by atoms with Crippen LogP contribution in [0, 0.1) is 0 Å². The van der Waals surface area contributed by atoms with Gasteiger partial charge in [0.2, 0.25) is 5.91 Å². The Morgan fingerprint density at radius 3 is 2.56 bits per heavy atom. The van der Waals surface area contributed by atoms with Crippen LogP contribution in [0.4, 0.5) is 0 Å². The van der Waals surface area contributed by atoms with Crippen LogP contribution in [0.1, 0.15) is 46.3 Å². The number of aryl methyl sites for hydroxylation is 2. The molecule has 0 spiro atoms. The summed E-state index contributed by atoms with van der Waals surface area (Å²) in [4.78, 5) is 29.3. The van der Waals surface area contributed by atoms with Crippen LogP contribution in [0.3, 0.4) is 0 Å². The van der Waals surface area contributed by atoms with Crippen LogP contribution in [-0.2, 0) is 24.2 Å². The molecule has 1 amide bonds. The fourth-order valence-corrected chi connectivity index (χ4v) is 4.72. The van der Waals surface area contributed by atoms with E-state index in [0.29, 0.717) is 12.8 Å². The molecular formula is C22H26N2O2S. The van der Waals surface area contributed by atoms with Gasteiger partial charge in [-0.05, 0) is 58.8 Å². The highest BCUT2D eigenvalue weighted by atomic mass is 32.1. The fourth-order valence-electron chi connectivity index (χ4n) is 4.06. The maximum atomic E-state index is 12.5. The lowest BCUT2D eigenvalue weighted by molar-refractivity contribution is -0.132. The van der Waals surface area contributed by atoms with Crippen molar-refractivity contribution in [2.75, 3.05) is 26.2 Å². The Hall–Kier alpha value is -1.98. The largest absolute Gasteiger partial charge is 0.340 e. The van der Waals surface area contributed by atoms with Crippen LogP contribution in [0.2, 0.25) is 0 Å². The number of thiophene rings is 1. The second-order valence-corrected chi connectivity index (χ2v) is 8.33. The average Bonchev–Trinajstić information content (AvgIpc) is 3.37. The van der Waals surface area contributed by atoms with Crippen molar-refractivity contribution in [1.82, 2.24) is 9.80 Å². The van der Waals surface area contributed by atoms with Crippen molar-refractivity contribution in [3.63, 3.8) is 0 Å². The van der Waals surface area contributed by atoms with Crippen molar-refractivity contribution < 1.29 is 9.59 Å². The number of nitrogens with zero attached hydrogens (tertiary/aromatic N) is 2. The summed E-state index contributed by atoms with van der Waals surface area (Å²) in [5.41, 5.74) is 4.81. The summed E-state index contributed by atoms with van der Waals surface area (Å²) in [6, 6.07) is 8.22. The number of ketones is 1. The van der Waals surface area contributed by atoms with E-state index >= 15 is 0 Å². The van der Waals surface area contributed by atoms with Gasteiger partial charge in [-0.15, -0.1) is 0 Å². The Balaban J connectivity index is 1.23. The zero-order valence-electron chi connectivity index (χ0n) is 15.7. The summed E-state index contributed by atoms with van der Waals surface area (Å²) in [5.74, 6) is 0.203. The van der Waals surface area contributed by atoms with E-state index in [1.807, 2.05) is 17.0 Å². The molecule has 142 valence electrons. The lowest BCUT2D eigenvalue weighted by Gasteiger charge is -2.34. The molecule has 0 N–H and O–H groups in total. The van der Waals surface area contributed by atoms with E-state index in [0.717, 1.165) is 51.1 Å². The van der Waals surface area contributed by atoms with E-state index in [-0.39, 0.29) is 11.7 Å². The third kappa shape index (κ3) is 4.47. The van der Waals surface area contributed by atoms with Gasteiger partial charge in [0.1, 0.15) is 0 Å². The Bertz CT molecular complexity index is 808. The quantitative estimate of drug-likeness (QED) is 0.718. The van der Waals surface area contributed by atoms with Crippen LogP contribution < -0.4 is 0 Å². The summed E-state index contributed by atoms with van der Waals surface area (Å²) in [6.07, 6.45) is 4.02. The van der Waals surface area contributed by atoms with E-state index in [4.69, 9.17) is 0 Å². The number of fused-ring (bicyclic) bond motifs is 1. The van der Waals surface area contributed by atoms with Crippen molar-refractivity contribution in [2.24, 2.45) is 0 Å². The van der Waals surface area contributed by atoms with Gasteiger partial charge < -0.3 is 4.90 Å². The molecule has 2 aromatic rings. The van der Waals surface area contributed by atoms with Crippen LogP contribution in [-0.4, -0.2) is 47.7 Å². The predicted molar refractivity (Wildman–Crippen MR) is 108 cm³/mol. The molecule has 1 aliphatic carbocycles. The molecule has 2 heterocycles. The number of piperazine rings is 1. The first-order chi connectivity index (χ1) is 13.2. The first-order valence-electron chi connectivity index (χ1n) is 9.85. The van der Waals surface area contributed by atoms with Gasteiger partial charge in [0.05, 0.1) is 0 Å². The normalized spacial score (nSPS) is 17.1. The first-order valence-corrected chi connectivity index (χ1v) is 10.8. The molecule has 1 aliphatic heterocycles. The van der Waals surface area contributed by atoms with E-state index < -0.39 is 0 Å². The molecule has 0 saturated carbocycles. The summed E-state index contributed by atoms with van der Waals surface area (Å²) in [7, 11) is 0. The summed E-state index contributed by atoms with van der Waals surface area (Å²) >= 11 is 1.72. The predicted octanol–water partition coefficient (Wildman–Crippen LogP) is 3.54. The number of rotatable bonds is 6. The lowest BCUT2D eigenvalue weighted by Crippen LogP contribution is -2.48. The molecule has 0 radical (unpaired) electrons. The van der Waals surface area contributed by atoms with Crippen LogP contribution >= 0.6 is 11.3 Å². The van der Waals surface area contributed by atoms with Crippen molar-refractivity contribution in [3.8, 4) is 0 Å². The zero-order valence-corrected chi connectivity index (χ0v) is 16.5. The summed E-state index contributed by atoms with van der Waals surface area (Å²) in [6.45, 7) is 4.29. The minimum Gasteiger partial charge on any atom is -0.340 e. The minimum absolute atomic E-state index is 0.0918. The molecular weight excluding hydrogens is 356 g/mol. The number of hydrogen-bond acceptors (Lipinski definition) is 4. The molecule has 1 fully saturated rings. The van der Waals surface area contributed by atoms with Gasteiger partial charge in [-0.25, -0.2) is 0 Å². The van der Waals surface area contributed by atoms with Gasteiger partial charge in [0.15, 0.2) is 5.78 Å². The van der Waals surface area contributed by atoms with Crippen molar-refractivity contribution in [2.45, 2.75) is 38.6 Å². The van der Waals surface area contributed by atoms with Gasteiger partial charge in [-0.2, -0.15) is 11.3 Å². The molecule has 1 saturated heterocycles. The molecule has 1 aromatic carbocycles. The topological polar surface area (TPSA) is 40.6 Å². The van der Waals surface area contributed by atoms with Gasteiger partial charge in [0, 0.05) is 51.1 Å². The van der Waals surface area contributed by atoms with Crippen LogP contribution in [0.5, 0.6) is 0 Å². The number of Topliss-reactive ketones (excluding diaryl/α,β-unsaturated/α-hetero) is 1. The van der Waals surface area contributed by atoms with Gasteiger partial charge in [0.25, 0.3) is 0 Å². The van der Waals surface area contributed by atoms with Crippen LogP contribution in [0.25, 0.3) is 0 Å². The summed E-state index contributed by atoms with van der Waals surface area (Å²) in [5, 5.41) is 4.29. The third-order valence-electron chi connectivity index (χ3n) is 5.70. The second-order valence-electron chi connectivity index (χ2n) is 7.55. The molecule has 4 rings (SSSR count). The molecule has 5 heteroatoms.